The molecule has 2 N–H and O–H groups in total. The van der Waals surface area contributed by atoms with Gasteiger partial charge in [0.25, 0.3) is 0 Å². The van der Waals surface area contributed by atoms with Crippen molar-refractivity contribution in [2.45, 2.75) is 11.3 Å². The number of hydrogen-bond donors (Lipinski definition) is 2. The molecule has 0 aliphatic carbocycles. The first kappa shape index (κ1) is 24.7. The molecular weight excluding hydrogens is 434 g/mol. The summed E-state index contributed by atoms with van der Waals surface area (Å²) in [4.78, 5) is 25.6. The summed E-state index contributed by atoms with van der Waals surface area (Å²) in [6.07, 6.45) is 5.21. The van der Waals surface area contributed by atoms with Crippen LogP contribution in [-0.2, 0) is 19.6 Å². The van der Waals surface area contributed by atoms with Gasteiger partial charge in [-0.1, -0.05) is 12.0 Å². The molecule has 0 radical (unpaired) electrons. The summed E-state index contributed by atoms with van der Waals surface area (Å²) >= 11 is 0. The lowest BCUT2D eigenvalue weighted by Crippen LogP contribution is -2.37. The lowest BCUT2D eigenvalue weighted by Gasteiger charge is -2.17. The van der Waals surface area contributed by atoms with Crippen molar-refractivity contribution in [1.82, 2.24) is 9.62 Å². The molecule has 0 saturated heterocycles. The molecule has 2 aromatic rings. The topological polar surface area (TPSA) is 114 Å². The van der Waals surface area contributed by atoms with Crippen LogP contribution >= 0.6 is 0 Å². The number of amides is 2. The number of likely N-dealkylation sites (N-methyl/N-ethyl adjacent to an activating group) is 1. The van der Waals surface area contributed by atoms with Crippen molar-refractivity contribution in [3.05, 3.63) is 48.0 Å². The van der Waals surface area contributed by atoms with E-state index in [9.17, 15) is 18.0 Å². The number of methoxy groups -OCH3 is 2. The van der Waals surface area contributed by atoms with Crippen LogP contribution in [0.2, 0.25) is 0 Å². The van der Waals surface area contributed by atoms with E-state index in [0.29, 0.717) is 17.0 Å². The number of terminal acetylenes is 1. The molecule has 0 aromatic heterocycles. The molecule has 10 heteroatoms. The van der Waals surface area contributed by atoms with Crippen LogP contribution in [0.3, 0.4) is 0 Å². The number of hydrogen-bond acceptors (Lipinski definition) is 6. The second kappa shape index (κ2) is 11.2. The number of nitrogens with zero attached hydrogens (tertiary/aromatic N) is 1. The summed E-state index contributed by atoms with van der Waals surface area (Å²) in [7, 11) is 0.446. The number of carbonyl (C=O) groups is 2. The van der Waals surface area contributed by atoms with Gasteiger partial charge < -0.3 is 19.7 Å². The van der Waals surface area contributed by atoms with Gasteiger partial charge in [0.05, 0.1) is 25.7 Å². The van der Waals surface area contributed by atoms with Crippen LogP contribution in [0.4, 0.5) is 5.69 Å². The van der Waals surface area contributed by atoms with E-state index in [1.165, 1.54) is 44.4 Å². The number of carbonyl (C=O) groups excluding carboxylic acids is 2. The highest BCUT2D eigenvalue weighted by molar-refractivity contribution is 7.89. The maximum Gasteiger partial charge on any atom is 0.243 e. The van der Waals surface area contributed by atoms with E-state index in [1.807, 2.05) is 0 Å². The highest BCUT2D eigenvalue weighted by atomic mass is 32.2. The fourth-order valence-electron chi connectivity index (χ4n) is 2.74. The second-order valence-corrected chi connectivity index (χ2v) is 8.45. The van der Waals surface area contributed by atoms with Gasteiger partial charge in [-0.05, 0) is 30.3 Å². The molecule has 0 heterocycles. The van der Waals surface area contributed by atoms with Crippen molar-refractivity contribution >= 4 is 27.5 Å². The van der Waals surface area contributed by atoms with Gasteiger partial charge >= 0.3 is 0 Å². The maximum absolute atomic E-state index is 12.5. The molecule has 0 aliphatic heterocycles. The first-order valence-corrected chi connectivity index (χ1v) is 11.0. The molecule has 0 unspecified atom stereocenters. The molecule has 0 atom stereocenters. The smallest absolute Gasteiger partial charge is 0.243 e. The van der Waals surface area contributed by atoms with E-state index in [-0.39, 0.29) is 30.2 Å². The zero-order valence-corrected chi connectivity index (χ0v) is 18.9. The highest BCUT2D eigenvalue weighted by Gasteiger charge is 2.18. The van der Waals surface area contributed by atoms with E-state index in [1.54, 1.807) is 24.3 Å². The molecule has 0 spiro atoms. The third kappa shape index (κ3) is 6.73. The van der Waals surface area contributed by atoms with Gasteiger partial charge in [-0.3, -0.25) is 9.59 Å². The van der Waals surface area contributed by atoms with Crippen molar-refractivity contribution in [3.63, 3.8) is 0 Å². The van der Waals surface area contributed by atoms with Crippen molar-refractivity contribution in [2.24, 2.45) is 0 Å². The summed E-state index contributed by atoms with van der Waals surface area (Å²) in [5.41, 5.74) is 1.14. The van der Waals surface area contributed by atoms with E-state index in [0.717, 1.165) is 0 Å². The molecular formula is C22H25N3O6S. The number of sulfonamides is 1. The fourth-order valence-corrected chi connectivity index (χ4v) is 3.79. The third-order valence-corrected chi connectivity index (χ3v) is 5.87. The quantitative estimate of drug-likeness (QED) is 0.520. The zero-order valence-electron chi connectivity index (χ0n) is 18.0. The molecule has 2 aromatic carbocycles. The van der Waals surface area contributed by atoms with Crippen LogP contribution in [0.15, 0.2) is 47.4 Å². The average molecular weight is 460 g/mol. The zero-order chi connectivity index (χ0) is 23.7. The van der Waals surface area contributed by atoms with Crippen molar-refractivity contribution in [3.8, 4) is 23.8 Å². The lowest BCUT2D eigenvalue weighted by molar-refractivity contribution is -0.133. The first-order chi connectivity index (χ1) is 15.2. The van der Waals surface area contributed by atoms with Gasteiger partial charge in [-0.15, -0.1) is 6.42 Å². The maximum atomic E-state index is 12.5. The second-order valence-electron chi connectivity index (χ2n) is 6.69. The minimum absolute atomic E-state index is 0.0236. The van der Waals surface area contributed by atoms with Gasteiger partial charge in [0.2, 0.25) is 21.8 Å². The summed E-state index contributed by atoms with van der Waals surface area (Å²) in [5, 5.41) is 2.66. The predicted molar refractivity (Wildman–Crippen MR) is 120 cm³/mol. The Labute approximate surface area is 187 Å². The van der Waals surface area contributed by atoms with Crippen molar-refractivity contribution in [1.29, 1.82) is 0 Å². The first-order valence-electron chi connectivity index (χ1n) is 9.52. The number of rotatable bonds is 10. The summed E-state index contributed by atoms with van der Waals surface area (Å²) in [6.45, 7) is -0.326. The Balaban J connectivity index is 1.87. The largest absolute Gasteiger partial charge is 0.493 e. The van der Waals surface area contributed by atoms with Crippen LogP contribution in [0.5, 0.6) is 11.5 Å². The Kier molecular flexibility index (Phi) is 8.63. The van der Waals surface area contributed by atoms with E-state index >= 15 is 0 Å². The van der Waals surface area contributed by atoms with Gasteiger partial charge in [0.1, 0.15) is 0 Å². The Morgan fingerprint density at radius 2 is 1.81 bits per heavy atom. The van der Waals surface area contributed by atoms with Crippen molar-refractivity contribution in [2.75, 3.05) is 39.7 Å². The van der Waals surface area contributed by atoms with E-state index < -0.39 is 21.8 Å². The molecule has 0 aliphatic rings. The minimum atomic E-state index is -3.86. The third-order valence-electron chi connectivity index (χ3n) is 4.42. The normalized spacial score (nSPS) is 10.7. The van der Waals surface area contributed by atoms with Crippen LogP contribution in [-0.4, -0.2) is 59.5 Å². The van der Waals surface area contributed by atoms with Crippen LogP contribution in [0, 0.1) is 12.3 Å². The van der Waals surface area contributed by atoms with Gasteiger partial charge in [0, 0.05) is 37.3 Å². The fraction of sp³-hybridized carbons (Fsp3) is 0.273. The molecule has 9 nitrogen and oxygen atoms in total. The van der Waals surface area contributed by atoms with Gasteiger partial charge in [0.15, 0.2) is 11.5 Å². The van der Waals surface area contributed by atoms with Crippen LogP contribution < -0.4 is 19.5 Å². The molecule has 2 amide bonds. The standard InChI is InChI=1S/C22H25N3O6S/c1-5-16-7-6-8-17(13-16)24-21(26)15-25(2)22(27)11-12-23-32(28,29)18-9-10-19(30-3)20(14-18)31-4/h1,6-10,13-14,23H,11-12,15H2,2-4H3,(H,24,26). The Morgan fingerprint density at radius 1 is 1.09 bits per heavy atom. The predicted octanol–water partition coefficient (Wildman–Crippen LogP) is 1.45. The number of ether oxygens (including phenoxy) is 2. The van der Waals surface area contributed by atoms with E-state index in [4.69, 9.17) is 15.9 Å². The molecule has 0 saturated carbocycles. The van der Waals surface area contributed by atoms with Gasteiger partial charge in [-0.25, -0.2) is 13.1 Å². The Morgan fingerprint density at radius 3 is 2.47 bits per heavy atom. The summed E-state index contributed by atoms with van der Waals surface area (Å²) in [6, 6.07) is 10.9. The number of anilines is 1. The van der Waals surface area contributed by atoms with Crippen molar-refractivity contribution < 1.29 is 27.5 Å². The number of benzene rings is 2. The summed E-state index contributed by atoms with van der Waals surface area (Å²) < 4.78 is 37.5. The van der Waals surface area contributed by atoms with Gasteiger partial charge in [-0.2, -0.15) is 0 Å². The average Bonchev–Trinajstić information content (AvgIpc) is 2.78. The Hall–Kier alpha value is -3.55. The van der Waals surface area contributed by atoms with Crippen LogP contribution in [0.25, 0.3) is 0 Å². The molecule has 0 fully saturated rings. The number of nitrogens with one attached hydrogen (secondary N) is 2. The molecule has 170 valence electrons. The summed E-state index contributed by atoms with van der Waals surface area (Å²) in [5.74, 6) is 2.34. The van der Waals surface area contributed by atoms with E-state index in [2.05, 4.69) is 16.0 Å². The lowest BCUT2D eigenvalue weighted by atomic mass is 10.2. The minimum Gasteiger partial charge on any atom is -0.493 e. The monoisotopic (exact) mass is 459 g/mol. The molecule has 0 bridgehead atoms. The van der Waals surface area contributed by atoms with Crippen LogP contribution in [0.1, 0.15) is 12.0 Å². The highest BCUT2D eigenvalue weighted by Crippen LogP contribution is 2.29. The SMILES string of the molecule is C#Cc1cccc(NC(=O)CN(C)C(=O)CCNS(=O)(=O)c2ccc(OC)c(OC)c2)c1. The Bertz CT molecular complexity index is 1120. The molecule has 32 heavy (non-hydrogen) atoms. The molecule has 2 rings (SSSR count).